The Bertz CT molecular complexity index is 448. The molecule has 0 saturated heterocycles. The summed E-state index contributed by atoms with van der Waals surface area (Å²) >= 11 is 0. The molecule has 1 aromatic carbocycles. The third-order valence-electron chi connectivity index (χ3n) is 1.91. The highest BCUT2D eigenvalue weighted by Crippen LogP contribution is 2.35. The molecule has 100 valence electrons. The summed E-state index contributed by atoms with van der Waals surface area (Å²) in [6, 6.07) is 1.56. The van der Waals surface area contributed by atoms with Gasteiger partial charge in [0, 0.05) is 5.56 Å². The fourth-order valence-corrected chi connectivity index (χ4v) is 1.06. The van der Waals surface area contributed by atoms with Crippen molar-refractivity contribution in [3.05, 3.63) is 41.2 Å². The van der Waals surface area contributed by atoms with Crippen LogP contribution in [0, 0.1) is 0 Å². The van der Waals surface area contributed by atoms with Gasteiger partial charge in [-0.3, -0.25) is 0 Å². The lowest BCUT2D eigenvalue weighted by atomic mass is 10.1. The third-order valence-corrected chi connectivity index (χ3v) is 1.91. The van der Waals surface area contributed by atoms with E-state index >= 15 is 0 Å². The first-order valence-corrected chi connectivity index (χ1v) is 4.33. The van der Waals surface area contributed by atoms with Crippen LogP contribution in [-0.4, -0.2) is 6.18 Å². The van der Waals surface area contributed by atoms with Crippen LogP contribution in [0.1, 0.15) is 11.1 Å². The molecule has 0 aromatic heterocycles. The molecular weight excluding hydrogens is 272 g/mol. The largest absolute Gasteiger partial charge is 0.445 e. The van der Waals surface area contributed by atoms with Gasteiger partial charge in [-0.25, -0.2) is 4.39 Å². The van der Waals surface area contributed by atoms with Crippen LogP contribution in [0.2, 0.25) is 0 Å². The predicted octanol–water partition coefficient (Wildman–Crippen LogP) is 4.88. The molecule has 0 aliphatic heterocycles. The number of hydrogen-bond donors (Lipinski definition) is 0. The van der Waals surface area contributed by atoms with Crippen LogP contribution in [0.4, 0.5) is 35.1 Å². The molecule has 0 atom stereocenters. The molecule has 0 unspecified atom stereocenters. The Morgan fingerprint density at radius 2 is 1.22 bits per heavy atom. The number of halogens is 8. The molecule has 0 nitrogen and oxygen atoms in total. The number of rotatable bonds is 1. The average molecular weight is 276 g/mol. The minimum atomic E-state index is -5.52. The Balaban J connectivity index is 3.14. The molecule has 0 saturated carbocycles. The van der Waals surface area contributed by atoms with Crippen molar-refractivity contribution >= 4 is 5.83 Å². The van der Waals surface area contributed by atoms with Gasteiger partial charge in [0.1, 0.15) is 0 Å². The lowest BCUT2D eigenvalue weighted by Gasteiger charge is -2.08. The maximum Gasteiger partial charge on any atom is 0.445 e. The molecule has 0 radical (unpaired) electrons. The van der Waals surface area contributed by atoms with Gasteiger partial charge in [-0.1, -0.05) is 12.1 Å². The number of hydrogen-bond acceptors (Lipinski definition) is 0. The van der Waals surface area contributed by atoms with Crippen molar-refractivity contribution in [2.24, 2.45) is 0 Å². The molecule has 1 rings (SSSR count). The second kappa shape index (κ2) is 4.58. The zero-order valence-corrected chi connectivity index (χ0v) is 8.33. The first-order valence-electron chi connectivity index (χ1n) is 4.33. The summed E-state index contributed by atoms with van der Waals surface area (Å²) in [4.78, 5) is 0. The zero-order valence-electron chi connectivity index (χ0n) is 8.33. The van der Waals surface area contributed by atoms with Gasteiger partial charge in [0.15, 0.2) is 5.83 Å². The molecule has 1 aromatic rings. The SMILES string of the molecule is F/C(=C(\F)C(F)(F)F)c1ccc(C(F)(F)F)cc1. The molecule has 18 heavy (non-hydrogen) atoms. The Morgan fingerprint density at radius 3 is 1.56 bits per heavy atom. The molecule has 0 fully saturated rings. The van der Waals surface area contributed by atoms with Crippen LogP contribution >= 0.6 is 0 Å². The molecule has 0 N–H and O–H groups in total. The van der Waals surface area contributed by atoms with Crippen molar-refractivity contribution in [1.82, 2.24) is 0 Å². The van der Waals surface area contributed by atoms with E-state index < -0.39 is 35.1 Å². The molecule has 8 heteroatoms. The quantitative estimate of drug-likeness (QED) is 0.641. The van der Waals surface area contributed by atoms with E-state index in [-0.39, 0.29) is 0 Å². The van der Waals surface area contributed by atoms with E-state index in [1.54, 1.807) is 0 Å². The standard InChI is InChI=1S/C10H4F8/c11-7(8(12)10(16,17)18)5-1-3-6(4-2-5)9(13,14)15/h1-4H/b8-7-. The van der Waals surface area contributed by atoms with E-state index in [1.807, 2.05) is 0 Å². The van der Waals surface area contributed by atoms with Crippen LogP contribution in [0.3, 0.4) is 0 Å². The second-order valence-electron chi connectivity index (χ2n) is 3.20. The van der Waals surface area contributed by atoms with Gasteiger partial charge in [0.2, 0.25) is 5.83 Å². The second-order valence-corrected chi connectivity index (χ2v) is 3.20. The first-order chi connectivity index (χ1) is 8.03. The monoisotopic (exact) mass is 276 g/mol. The summed E-state index contributed by atoms with van der Waals surface area (Å²) < 4.78 is 97.2. The van der Waals surface area contributed by atoms with Crippen molar-refractivity contribution in [2.75, 3.05) is 0 Å². The van der Waals surface area contributed by atoms with Crippen molar-refractivity contribution < 1.29 is 35.1 Å². The fourth-order valence-electron chi connectivity index (χ4n) is 1.06. The summed E-state index contributed by atoms with van der Waals surface area (Å²) in [5.41, 5.74) is -2.09. The highest BCUT2D eigenvalue weighted by atomic mass is 19.4. The number of allylic oxidation sites excluding steroid dienone is 1. The van der Waals surface area contributed by atoms with Crippen LogP contribution in [0.15, 0.2) is 30.1 Å². The van der Waals surface area contributed by atoms with Gasteiger partial charge in [-0.05, 0) is 12.1 Å². The van der Waals surface area contributed by atoms with Gasteiger partial charge in [0.05, 0.1) is 5.56 Å². The van der Waals surface area contributed by atoms with Crippen molar-refractivity contribution in [3.63, 3.8) is 0 Å². The Morgan fingerprint density at radius 1 is 0.778 bits per heavy atom. The topological polar surface area (TPSA) is 0 Å². The minimum Gasteiger partial charge on any atom is -0.203 e. The van der Waals surface area contributed by atoms with Crippen LogP contribution in [-0.2, 0) is 6.18 Å². The van der Waals surface area contributed by atoms with E-state index in [4.69, 9.17) is 0 Å². The molecule has 0 aliphatic rings. The van der Waals surface area contributed by atoms with E-state index in [1.165, 1.54) is 0 Å². The Kier molecular flexibility index (Phi) is 3.68. The fraction of sp³-hybridized carbons (Fsp3) is 0.200. The minimum absolute atomic E-state index is 0.360. The molecule has 0 amide bonds. The van der Waals surface area contributed by atoms with Gasteiger partial charge in [-0.2, -0.15) is 30.7 Å². The highest BCUT2D eigenvalue weighted by molar-refractivity contribution is 5.62. The lowest BCUT2D eigenvalue weighted by Crippen LogP contribution is -2.09. The van der Waals surface area contributed by atoms with Gasteiger partial charge in [-0.15, -0.1) is 0 Å². The van der Waals surface area contributed by atoms with E-state index in [2.05, 4.69) is 0 Å². The molecule has 0 bridgehead atoms. The lowest BCUT2D eigenvalue weighted by molar-refractivity contribution is -0.137. The van der Waals surface area contributed by atoms with Crippen molar-refractivity contribution in [2.45, 2.75) is 12.4 Å². The third kappa shape index (κ3) is 3.21. The summed E-state index contributed by atoms with van der Waals surface area (Å²) in [6.45, 7) is 0. The summed E-state index contributed by atoms with van der Waals surface area (Å²) in [5.74, 6) is -5.24. The predicted molar refractivity (Wildman–Crippen MR) is 46.6 cm³/mol. The van der Waals surface area contributed by atoms with E-state index in [9.17, 15) is 35.1 Å². The Labute approximate surface area is 95.5 Å². The van der Waals surface area contributed by atoms with Crippen LogP contribution in [0.5, 0.6) is 0 Å². The maximum absolute atomic E-state index is 13.0. The van der Waals surface area contributed by atoms with E-state index in [0.717, 1.165) is 0 Å². The first kappa shape index (κ1) is 14.5. The van der Waals surface area contributed by atoms with E-state index in [0.29, 0.717) is 24.3 Å². The molecule has 0 aliphatic carbocycles. The maximum atomic E-state index is 13.0. The van der Waals surface area contributed by atoms with Crippen molar-refractivity contribution in [1.29, 1.82) is 0 Å². The van der Waals surface area contributed by atoms with Gasteiger partial charge in [0.25, 0.3) is 0 Å². The summed E-state index contributed by atoms with van der Waals surface area (Å²) in [7, 11) is 0. The molecule has 0 heterocycles. The van der Waals surface area contributed by atoms with Gasteiger partial charge >= 0.3 is 12.4 Å². The average Bonchev–Trinajstić information content (AvgIpc) is 2.25. The summed E-state index contributed by atoms with van der Waals surface area (Å²) in [6.07, 6.45) is -10.2. The normalized spacial score (nSPS) is 14.4. The summed E-state index contributed by atoms with van der Waals surface area (Å²) in [5, 5.41) is 0. The van der Waals surface area contributed by atoms with Gasteiger partial charge < -0.3 is 0 Å². The number of alkyl halides is 6. The van der Waals surface area contributed by atoms with Crippen molar-refractivity contribution in [3.8, 4) is 0 Å². The highest BCUT2D eigenvalue weighted by Gasteiger charge is 2.38. The molecule has 0 spiro atoms. The van der Waals surface area contributed by atoms with Crippen LogP contribution < -0.4 is 0 Å². The van der Waals surface area contributed by atoms with Crippen LogP contribution in [0.25, 0.3) is 5.83 Å². The number of benzene rings is 1. The molecular formula is C10H4F8. The smallest absolute Gasteiger partial charge is 0.203 e. The zero-order chi connectivity index (χ0) is 14.1. The Hall–Kier alpha value is -1.60.